The van der Waals surface area contributed by atoms with Crippen LogP contribution in [-0.4, -0.2) is 23.6 Å². The van der Waals surface area contributed by atoms with E-state index in [1.807, 2.05) is 0 Å². The number of rotatable bonds is 4. The van der Waals surface area contributed by atoms with Crippen molar-refractivity contribution in [1.82, 2.24) is 9.38 Å². The third-order valence-corrected chi connectivity index (χ3v) is 7.74. The van der Waals surface area contributed by atoms with Crippen LogP contribution in [0.25, 0.3) is 27.9 Å². The molecule has 0 amide bonds. The summed E-state index contributed by atoms with van der Waals surface area (Å²) >= 11 is 5.97. The molecule has 0 atom stereocenters. The van der Waals surface area contributed by atoms with Gasteiger partial charge in [-0.3, -0.25) is 9.20 Å². The van der Waals surface area contributed by atoms with Gasteiger partial charge in [-0.25, -0.2) is 13.4 Å². The first-order valence-corrected chi connectivity index (χ1v) is 11.7. The van der Waals surface area contributed by atoms with Crippen LogP contribution in [0.3, 0.4) is 0 Å². The summed E-state index contributed by atoms with van der Waals surface area (Å²) in [5.74, 6) is -0.161. The molecule has 1 aliphatic carbocycles. The molecule has 9 heteroatoms. The lowest BCUT2D eigenvalue weighted by Gasteiger charge is -2.08. The molecule has 0 saturated heterocycles. The fourth-order valence-corrected chi connectivity index (χ4v) is 5.12. The van der Waals surface area contributed by atoms with Gasteiger partial charge < -0.3 is 4.42 Å². The number of nitrogens with zero attached hydrogens (tertiary/aromatic N) is 3. The summed E-state index contributed by atoms with van der Waals surface area (Å²) in [4.78, 5) is 17.7. The van der Waals surface area contributed by atoms with E-state index in [9.17, 15) is 18.5 Å². The monoisotopic (exact) mass is 453 g/mol. The fourth-order valence-electron chi connectivity index (χ4n) is 3.78. The maximum atomic E-state index is 13.2. The highest BCUT2D eigenvalue weighted by atomic mass is 35.5. The molecule has 4 aromatic rings. The molecule has 1 aliphatic rings. The minimum Gasteiger partial charge on any atom is -0.463 e. The maximum absolute atomic E-state index is 13.2. The van der Waals surface area contributed by atoms with Gasteiger partial charge in [0.2, 0.25) is 5.43 Å². The first-order valence-electron chi connectivity index (χ1n) is 9.68. The molecule has 3 heterocycles. The van der Waals surface area contributed by atoms with Gasteiger partial charge in [0, 0.05) is 17.3 Å². The topological polar surface area (TPSA) is 105 Å². The molecule has 0 radical (unpaired) electrons. The van der Waals surface area contributed by atoms with Gasteiger partial charge in [0.15, 0.2) is 14.9 Å². The smallest absolute Gasteiger partial charge is 0.202 e. The maximum Gasteiger partial charge on any atom is 0.202 e. The largest absolute Gasteiger partial charge is 0.463 e. The molecule has 1 saturated carbocycles. The molecule has 0 N–H and O–H groups in total. The second-order valence-electron chi connectivity index (χ2n) is 7.63. The Hall–Kier alpha value is -3.15. The predicted molar refractivity (Wildman–Crippen MR) is 116 cm³/mol. The predicted octanol–water partition coefficient (Wildman–Crippen LogP) is 4.11. The third-order valence-electron chi connectivity index (χ3n) is 5.77. The van der Waals surface area contributed by atoms with Crippen molar-refractivity contribution in [2.24, 2.45) is 0 Å². The van der Waals surface area contributed by atoms with Crippen molar-refractivity contribution in [3.8, 4) is 17.3 Å². The molecule has 0 aliphatic heterocycles. The zero-order valence-corrected chi connectivity index (χ0v) is 18.0. The number of hydrogen-bond donors (Lipinski definition) is 0. The molecule has 1 fully saturated rings. The number of halogens is 1. The zero-order valence-electron chi connectivity index (χ0n) is 16.4. The van der Waals surface area contributed by atoms with E-state index in [-0.39, 0.29) is 27.4 Å². The Morgan fingerprint density at radius 1 is 1.29 bits per heavy atom. The van der Waals surface area contributed by atoms with Gasteiger partial charge in [-0.15, -0.1) is 0 Å². The van der Waals surface area contributed by atoms with Crippen LogP contribution in [0.4, 0.5) is 0 Å². The van der Waals surface area contributed by atoms with Crippen molar-refractivity contribution >= 4 is 38.1 Å². The lowest BCUT2D eigenvalue weighted by Crippen LogP contribution is -2.12. The summed E-state index contributed by atoms with van der Waals surface area (Å²) < 4.78 is 33.0. The summed E-state index contributed by atoms with van der Waals surface area (Å²) in [5.41, 5.74) is 0.594. The minimum atomic E-state index is -3.74. The van der Waals surface area contributed by atoms with Crippen LogP contribution in [0.1, 0.15) is 25.3 Å². The average molecular weight is 454 g/mol. The van der Waals surface area contributed by atoms with Crippen LogP contribution in [0.15, 0.2) is 57.0 Å². The molecule has 31 heavy (non-hydrogen) atoms. The lowest BCUT2D eigenvalue weighted by molar-refractivity contribution is 0.592. The van der Waals surface area contributed by atoms with E-state index >= 15 is 0 Å². The van der Waals surface area contributed by atoms with Crippen LogP contribution in [0.2, 0.25) is 5.02 Å². The number of fused-ring (bicyclic) bond motifs is 2. The van der Waals surface area contributed by atoms with Crippen molar-refractivity contribution in [1.29, 1.82) is 5.26 Å². The Morgan fingerprint density at radius 2 is 2.06 bits per heavy atom. The molecular weight excluding hydrogens is 438 g/mol. The van der Waals surface area contributed by atoms with Gasteiger partial charge in [0.05, 0.1) is 28.2 Å². The highest BCUT2D eigenvalue weighted by molar-refractivity contribution is 7.91. The van der Waals surface area contributed by atoms with E-state index in [0.29, 0.717) is 16.3 Å². The van der Waals surface area contributed by atoms with Crippen LogP contribution in [-0.2, 0) is 15.3 Å². The minimum absolute atomic E-state index is 0.0337. The van der Waals surface area contributed by atoms with Gasteiger partial charge in [-0.1, -0.05) is 18.5 Å². The Morgan fingerprint density at radius 3 is 2.74 bits per heavy atom. The van der Waals surface area contributed by atoms with Crippen LogP contribution in [0.5, 0.6) is 0 Å². The van der Waals surface area contributed by atoms with Gasteiger partial charge in [-0.2, -0.15) is 5.26 Å². The first kappa shape index (κ1) is 19.8. The summed E-state index contributed by atoms with van der Waals surface area (Å²) in [6.07, 6.45) is 4.33. The molecule has 1 aromatic carbocycles. The van der Waals surface area contributed by atoms with Crippen molar-refractivity contribution in [3.05, 3.63) is 63.6 Å². The summed E-state index contributed by atoms with van der Waals surface area (Å²) in [6, 6.07) is 10.4. The van der Waals surface area contributed by atoms with E-state index in [1.54, 1.807) is 30.5 Å². The molecule has 0 unspecified atom stereocenters. The first-order chi connectivity index (χ1) is 14.8. The number of benzene rings is 1. The number of nitriles is 1. The zero-order chi connectivity index (χ0) is 22.0. The molecule has 0 spiro atoms. The van der Waals surface area contributed by atoms with Gasteiger partial charge >= 0.3 is 0 Å². The van der Waals surface area contributed by atoms with Crippen molar-refractivity contribution in [3.63, 3.8) is 0 Å². The Balaban J connectivity index is 1.82. The van der Waals surface area contributed by atoms with Crippen molar-refractivity contribution in [2.45, 2.75) is 30.2 Å². The summed E-state index contributed by atoms with van der Waals surface area (Å²) in [6.45, 7) is 1.53. The number of aromatic nitrogens is 2. The van der Waals surface area contributed by atoms with E-state index in [0.717, 1.165) is 18.4 Å². The number of pyridine rings is 1. The van der Waals surface area contributed by atoms with E-state index in [1.165, 1.54) is 23.7 Å². The molecule has 156 valence electrons. The molecule has 3 aromatic heterocycles. The highest BCUT2D eigenvalue weighted by Gasteiger charge is 2.45. The number of sulfone groups is 1. The molecule has 5 rings (SSSR count). The quantitative estimate of drug-likeness (QED) is 0.460. The van der Waals surface area contributed by atoms with Crippen LogP contribution in [0, 0.1) is 11.3 Å². The fraction of sp³-hybridized carbons (Fsp3) is 0.227. The standard InChI is InChI=1S/C22H16ClN3O4S/c1-2-31(28,29)21-19(16-11-30-17-10-14(23)3-4-15(17)20(16)27)25-18-9-13(5-8-26(18)21)22(12-24)6-7-22/h3-5,8-11H,2,6-7H2,1H3. The Bertz CT molecular complexity index is 1590. The Labute approximate surface area is 182 Å². The highest BCUT2D eigenvalue weighted by Crippen LogP contribution is 2.47. The molecular formula is C22H16ClN3O4S. The summed E-state index contributed by atoms with van der Waals surface area (Å²) in [5, 5.41) is 10.1. The van der Waals surface area contributed by atoms with E-state index in [2.05, 4.69) is 11.1 Å². The average Bonchev–Trinajstić information content (AvgIpc) is 3.47. The van der Waals surface area contributed by atoms with Gasteiger partial charge in [0.1, 0.15) is 23.2 Å². The second kappa shape index (κ2) is 6.67. The molecule has 7 nitrogen and oxygen atoms in total. The van der Waals surface area contributed by atoms with Gasteiger partial charge in [0.25, 0.3) is 0 Å². The van der Waals surface area contributed by atoms with Crippen LogP contribution >= 0.6 is 11.6 Å². The van der Waals surface area contributed by atoms with E-state index in [4.69, 9.17) is 16.0 Å². The number of hydrogen-bond acceptors (Lipinski definition) is 6. The normalized spacial score (nSPS) is 15.3. The number of imidazole rings is 1. The second-order valence-corrected chi connectivity index (χ2v) is 10.3. The van der Waals surface area contributed by atoms with E-state index < -0.39 is 20.7 Å². The van der Waals surface area contributed by atoms with Crippen molar-refractivity contribution < 1.29 is 12.8 Å². The summed E-state index contributed by atoms with van der Waals surface area (Å²) in [7, 11) is -3.74. The van der Waals surface area contributed by atoms with Crippen LogP contribution < -0.4 is 5.43 Å². The SMILES string of the molecule is CCS(=O)(=O)c1c(-c2coc3cc(Cl)ccc3c2=O)nc2cc(C3(C#N)CC3)ccn12. The Kier molecular flexibility index (Phi) is 4.26. The van der Waals surface area contributed by atoms with Crippen molar-refractivity contribution in [2.75, 3.05) is 5.75 Å². The lowest BCUT2D eigenvalue weighted by atomic mass is 9.99. The third kappa shape index (κ3) is 2.96. The molecule has 0 bridgehead atoms. The van der Waals surface area contributed by atoms with Gasteiger partial charge in [-0.05, 0) is 42.7 Å².